The van der Waals surface area contributed by atoms with Gasteiger partial charge in [0.2, 0.25) is 0 Å². The lowest BCUT2D eigenvalue weighted by molar-refractivity contribution is 0.0688. The first-order valence-electron chi connectivity index (χ1n) is 8.85. The highest BCUT2D eigenvalue weighted by atomic mass is 19.1. The van der Waals surface area contributed by atoms with E-state index in [1.54, 1.807) is 6.92 Å². The fourth-order valence-corrected chi connectivity index (χ4v) is 3.29. The second-order valence-electron chi connectivity index (χ2n) is 7.01. The Labute approximate surface area is 155 Å². The van der Waals surface area contributed by atoms with Crippen LogP contribution in [0.4, 0.5) is 4.39 Å². The Balaban J connectivity index is 2.06. The van der Waals surface area contributed by atoms with Crippen molar-refractivity contribution in [2.75, 3.05) is 20.6 Å². The minimum atomic E-state index is -1.30. The largest absolute Gasteiger partial charge is 0.488 e. The molecule has 1 aliphatic rings. The molecule has 1 aliphatic heterocycles. The third-order valence-electron chi connectivity index (χ3n) is 4.43. The van der Waals surface area contributed by atoms with Crippen LogP contribution in [0, 0.1) is 5.82 Å². The molecule has 2 heterocycles. The Morgan fingerprint density at radius 3 is 2.78 bits per heavy atom. The summed E-state index contributed by atoms with van der Waals surface area (Å²) < 4.78 is 22.9. The van der Waals surface area contributed by atoms with Crippen LogP contribution < -0.4 is 10.4 Å². The number of aromatic nitrogens is 3. The zero-order valence-electron chi connectivity index (χ0n) is 15.6. The maximum atomic E-state index is 14.6. The van der Waals surface area contributed by atoms with Crippen LogP contribution in [0.25, 0.3) is 5.69 Å². The Hall–Kier alpha value is -2.68. The summed E-state index contributed by atoms with van der Waals surface area (Å²) in [6.45, 7) is 2.88. The molecule has 0 fully saturated rings. The van der Waals surface area contributed by atoms with Gasteiger partial charge in [0.05, 0.1) is 0 Å². The second-order valence-corrected chi connectivity index (χ2v) is 7.01. The first-order valence-corrected chi connectivity index (χ1v) is 8.85. The predicted octanol–water partition coefficient (Wildman–Crippen LogP) is 1.54. The molecule has 2 aromatic rings. The monoisotopic (exact) mass is 378 g/mol. The number of carboxylic acid groups (broad SMARTS) is 1. The van der Waals surface area contributed by atoms with E-state index in [2.05, 4.69) is 5.10 Å². The molecule has 146 valence electrons. The third-order valence-corrected chi connectivity index (χ3v) is 4.43. The van der Waals surface area contributed by atoms with Crippen LogP contribution in [0.3, 0.4) is 0 Å². The number of carboxylic acids is 1. The second kappa shape index (κ2) is 7.51. The van der Waals surface area contributed by atoms with Gasteiger partial charge in [-0.25, -0.2) is 14.0 Å². The average molecular weight is 378 g/mol. The summed E-state index contributed by atoms with van der Waals surface area (Å²) >= 11 is 0. The van der Waals surface area contributed by atoms with Gasteiger partial charge in [-0.15, -0.1) is 5.10 Å². The molecule has 1 aromatic heterocycles. The number of hydrogen-bond acceptors (Lipinski definition) is 5. The molecular weight excluding hydrogens is 355 g/mol. The molecule has 0 amide bonds. The summed E-state index contributed by atoms with van der Waals surface area (Å²) in [7, 11) is 3.73. The van der Waals surface area contributed by atoms with Gasteiger partial charge in [-0.3, -0.25) is 4.57 Å². The first-order chi connectivity index (χ1) is 12.8. The molecule has 0 bridgehead atoms. The highest BCUT2D eigenvalue weighted by Crippen LogP contribution is 2.26. The van der Waals surface area contributed by atoms with Crippen LogP contribution in [0.1, 0.15) is 35.9 Å². The summed E-state index contributed by atoms with van der Waals surface area (Å²) in [5.41, 5.74) is -0.836. The van der Waals surface area contributed by atoms with Crippen molar-refractivity contribution < 1.29 is 19.0 Å². The number of aromatic carboxylic acids is 1. The van der Waals surface area contributed by atoms with E-state index in [4.69, 9.17) is 4.74 Å². The smallest absolute Gasteiger partial charge is 0.350 e. The van der Waals surface area contributed by atoms with Crippen molar-refractivity contribution in [3.63, 3.8) is 0 Å². The van der Waals surface area contributed by atoms with Gasteiger partial charge in [0, 0.05) is 25.6 Å². The zero-order valence-corrected chi connectivity index (χ0v) is 15.6. The Kier molecular flexibility index (Phi) is 5.31. The molecule has 1 aromatic carbocycles. The lowest BCUT2D eigenvalue weighted by atomic mass is 10.1. The normalized spacial score (nSPS) is 14.9. The predicted molar refractivity (Wildman–Crippen MR) is 96.3 cm³/mol. The van der Waals surface area contributed by atoms with E-state index in [0.29, 0.717) is 25.3 Å². The average Bonchev–Trinajstić information content (AvgIpc) is 2.92. The molecule has 0 saturated carbocycles. The highest BCUT2D eigenvalue weighted by molar-refractivity contribution is 5.91. The van der Waals surface area contributed by atoms with Gasteiger partial charge >= 0.3 is 11.7 Å². The van der Waals surface area contributed by atoms with E-state index in [9.17, 15) is 19.1 Å². The maximum Gasteiger partial charge on any atom is 0.350 e. The number of fused-ring (bicyclic) bond motifs is 1. The van der Waals surface area contributed by atoms with Crippen LogP contribution in [-0.4, -0.2) is 57.1 Å². The number of carbonyl (C=O) groups is 1. The van der Waals surface area contributed by atoms with E-state index in [1.807, 2.05) is 19.0 Å². The SMILES string of the molecule is C[C@@H](CN(C)C)Oc1cc(-n2nc3n(c2=O)CCCC3)c(F)cc1C(=O)O. The molecule has 9 heteroatoms. The number of halogens is 1. The molecule has 1 N–H and O–H groups in total. The minimum absolute atomic E-state index is 0.00567. The van der Waals surface area contributed by atoms with Crippen molar-refractivity contribution in [3.8, 4) is 11.4 Å². The zero-order chi connectivity index (χ0) is 19.7. The van der Waals surface area contributed by atoms with Crippen molar-refractivity contribution in [1.82, 2.24) is 19.2 Å². The van der Waals surface area contributed by atoms with E-state index >= 15 is 0 Å². The number of hydrogen-bond donors (Lipinski definition) is 1. The fraction of sp³-hybridized carbons (Fsp3) is 0.500. The number of rotatable bonds is 6. The number of likely N-dealkylation sites (N-methyl/N-ethyl adjacent to an activating group) is 1. The van der Waals surface area contributed by atoms with Gasteiger partial charge in [0.25, 0.3) is 0 Å². The van der Waals surface area contributed by atoms with E-state index in [1.165, 1.54) is 10.6 Å². The standard InChI is InChI=1S/C18H23FN4O4/c1-11(10-21(2)3)27-15-9-14(13(19)8-12(15)17(24)25)23-18(26)22-7-5-4-6-16(22)20-23/h8-9,11H,4-7,10H2,1-3H3,(H,24,25)/t11-/m0/s1. The lowest BCUT2D eigenvalue weighted by Crippen LogP contribution is -2.29. The van der Waals surface area contributed by atoms with E-state index < -0.39 is 17.5 Å². The van der Waals surface area contributed by atoms with Crippen LogP contribution in [0.15, 0.2) is 16.9 Å². The van der Waals surface area contributed by atoms with Gasteiger partial charge in [-0.2, -0.15) is 4.68 Å². The molecular formula is C18H23FN4O4. The molecule has 3 rings (SSSR count). The number of nitrogens with zero attached hydrogens (tertiary/aromatic N) is 4. The number of ether oxygens (including phenoxy) is 1. The summed E-state index contributed by atoms with van der Waals surface area (Å²) in [5, 5.41) is 13.6. The topological polar surface area (TPSA) is 89.6 Å². The van der Waals surface area contributed by atoms with Gasteiger partial charge < -0.3 is 14.7 Å². The van der Waals surface area contributed by atoms with Crippen molar-refractivity contribution >= 4 is 5.97 Å². The first kappa shape index (κ1) is 19.1. The molecule has 1 atom stereocenters. The summed E-state index contributed by atoms with van der Waals surface area (Å²) in [5.74, 6) is -1.52. The quantitative estimate of drug-likeness (QED) is 0.820. The van der Waals surface area contributed by atoms with Gasteiger partial charge in [0.15, 0.2) is 0 Å². The molecule has 0 spiro atoms. The molecule has 27 heavy (non-hydrogen) atoms. The Bertz CT molecular complexity index is 919. The molecule has 0 saturated heterocycles. The van der Waals surface area contributed by atoms with Gasteiger partial charge in [0.1, 0.15) is 34.7 Å². The summed E-state index contributed by atoms with van der Waals surface area (Å²) in [6.07, 6.45) is 2.12. The van der Waals surface area contributed by atoms with Crippen LogP contribution in [-0.2, 0) is 13.0 Å². The Morgan fingerprint density at radius 2 is 2.15 bits per heavy atom. The molecule has 0 radical (unpaired) electrons. The van der Waals surface area contributed by atoms with E-state index in [-0.39, 0.29) is 23.1 Å². The third kappa shape index (κ3) is 3.87. The fourth-order valence-electron chi connectivity index (χ4n) is 3.29. The summed E-state index contributed by atoms with van der Waals surface area (Å²) in [6, 6.07) is 2.12. The number of benzene rings is 1. The minimum Gasteiger partial charge on any atom is -0.488 e. The van der Waals surface area contributed by atoms with Crippen molar-refractivity contribution in [1.29, 1.82) is 0 Å². The van der Waals surface area contributed by atoms with Crippen LogP contribution in [0.2, 0.25) is 0 Å². The van der Waals surface area contributed by atoms with Crippen molar-refractivity contribution in [2.24, 2.45) is 0 Å². The maximum absolute atomic E-state index is 14.6. The highest BCUT2D eigenvalue weighted by Gasteiger charge is 2.23. The van der Waals surface area contributed by atoms with Crippen LogP contribution in [0.5, 0.6) is 5.75 Å². The van der Waals surface area contributed by atoms with E-state index in [0.717, 1.165) is 23.6 Å². The van der Waals surface area contributed by atoms with Crippen LogP contribution >= 0.6 is 0 Å². The molecule has 0 unspecified atom stereocenters. The Morgan fingerprint density at radius 1 is 1.41 bits per heavy atom. The van der Waals surface area contributed by atoms with Gasteiger partial charge in [-0.1, -0.05) is 0 Å². The van der Waals surface area contributed by atoms with Crippen molar-refractivity contribution in [3.05, 3.63) is 39.8 Å². The lowest BCUT2D eigenvalue weighted by Gasteiger charge is -2.20. The molecule has 8 nitrogen and oxygen atoms in total. The van der Waals surface area contributed by atoms with Crippen molar-refractivity contribution in [2.45, 2.75) is 38.8 Å². The van der Waals surface area contributed by atoms with Gasteiger partial charge in [-0.05, 0) is 39.9 Å². The molecule has 0 aliphatic carbocycles. The summed E-state index contributed by atoms with van der Waals surface area (Å²) in [4.78, 5) is 26.0. The number of aryl methyl sites for hydroxylation is 1.